The van der Waals surface area contributed by atoms with Gasteiger partial charge in [0, 0.05) is 25.1 Å². The molecule has 2 aromatic carbocycles. The van der Waals surface area contributed by atoms with E-state index in [0.29, 0.717) is 23.3 Å². The van der Waals surface area contributed by atoms with Crippen molar-refractivity contribution in [3.05, 3.63) is 76.9 Å². The average Bonchev–Trinajstić information content (AvgIpc) is 3.35. The molecule has 0 aliphatic carbocycles. The summed E-state index contributed by atoms with van der Waals surface area (Å²) in [5, 5.41) is 4.36. The largest absolute Gasteiger partial charge is 0.416 e. The number of amides is 1. The van der Waals surface area contributed by atoms with E-state index in [0.717, 1.165) is 9.58 Å². The third-order valence-electron chi connectivity index (χ3n) is 7.05. The van der Waals surface area contributed by atoms with Crippen molar-refractivity contribution in [2.75, 3.05) is 25.7 Å². The Morgan fingerprint density at radius 3 is 2.05 bits per heavy atom. The van der Waals surface area contributed by atoms with Crippen LogP contribution in [0.4, 0.5) is 36.4 Å². The molecule has 0 atom stereocenters. The number of alkyl halides is 6. The molecule has 0 saturated carbocycles. The number of ether oxygens (including phenoxy) is 1. The van der Waals surface area contributed by atoms with Crippen LogP contribution in [0.2, 0.25) is 0 Å². The van der Waals surface area contributed by atoms with E-state index in [1.54, 1.807) is 6.92 Å². The molecule has 2 heterocycles. The van der Waals surface area contributed by atoms with Crippen molar-refractivity contribution in [1.29, 1.82) is 0 Å². The lowest BCUT2D eigenvalue weighted by Gasteiger charge is -2.32. The maximum Gasteiger partial charge on any atom is 0.416 e. The van der Waals surface area contributed by atoms with Crippen molar-refractivity contribution >= 4 is 28.5 Å². The fraction of sp³-hybridized carbons (Fsp3) is 0.310. The van der Waals surface area contributed by atoms with E-state index in [-0.39, 0.29) is 35.0 Å². The van der Waals surface area contributed by atoms with Crippen molar-refractivity contribution in [3.8, 4) is 11.1 Å². The van der Waals surface area contributed by atoms with Crippen LogP contribution < -0.4 is 4.90 Å². The standard InChI is InChI=1S/C29H25F7N4O3/c1-15-8-19(30)6-7-20(15)24-21-12-38-40(23(41)14-43-5)25(21)37-13-22(24)39(4)26(42)27(2,3)16-9-17(28(31,32)33)11-18(10-16)29(34,35)36/h6-13H,14H2,1-5H3. The number of hydrogen-bond acceptors (Lipinski definition) is 5. The predicted molar refractivity (Wildman–Crippen MR) is 143 cm³/mol. The quantitative estimate of drug-likeness (QED) is 0.224. The van der Waals surface area contributed by atoms with Crippen molar-refractivity contribution in [1.82, 2.24) is 14.8 Å². The number of aromatic nitrogens is 3. The zero-order valence-corrected chi connectivity index (χ0v) is 23.5. The molecular weight excluding hydrogens is 585 g/mol. The van der Waals surface area contributed by atoms with Crippen molar-refractivity contribution in [2.24, 2.45) is 0 Å². The topological polar surface area (TPSA) is 77.3 Å². The molecule has 0 N–H and O–H groups in total. The number of pyridine rings is 1. The Bertz CT molecular complexity index is 1690. The van der Waals surface area contributed by atoms with E-state index < -0.39 is 52.1 Å². The minimum atomic E-state index is -5.11. The van der Waals surface area contributed by atoms with E-state index in [2.05, 4.69) is 10.1 Å². The Kier molecular flexibility index (Phi) is 8.13. The molecule has 0 bridgehead atoms. The lowest BCUT2D eigenvalue weighted by atomic mass is 9.81. The van der Waals surface area contributed by atoms with Gasteiger partial charge >= 0.3 is 12.4 Å². The first-order valence-corrected chi connectivity index (χ1v) is 12.6. The summed E-state index contributed by atoms with van der Waals surface area (Å²) in [5.74, 6) is -1.98. The number of hydrogen-bond donors (Lipinski definition) is 0. The zero-order valence-electron chi connectivity index (χ0n) is 23.5. The molecule has 7 nitrogen and oxygen atoms in total. The van der Waals surface area contributed by atoms with Crippen molar-refractivity contribution < 1.29 is 45.1 Å². The van der Waals surface area contributed by atoms with Gasteiger partial charge in [-0.25, -0.2) is 9.37 Å². The summed E-state index contributed by atoms with van der Waals surface area (Å²) in [6.07, 6.45) is -7.68. The number of methoxy groups -OCH3 is 1. The summed E-state index contributed by atoms with van der Waals surface area (Å²) < 4.78 is 101. The number of benzene rings is 2. The molecule has 4 rings (SSSR count). The lowest BCUT2D eigenvalue weighted by Crippen LogP contribution is -2.42. The second-order valence-corrected chi connectivity index (χ2v) is 10.4. The number of rotatable bonds is 6. The van der Waals surface area contributed by atoms with Gasteiger partial charge in [-0.3, -0.25) is 9.59 Å². The number of anilines is 1. The van der Waals surface area contributed by atoms with Crippen LogP contribution in [0, 0.1) is 12.7 Å². The number of fused-ring (bicyclic) bond motifs is 1. The van der Waals surface area contributed by atoms with Gasteiger partial charge in [0.15, 0.2) is 5.65 Å². The molecule has 0 unspecified atom stereocenters. The summed E-state index contributed by atoms with van der Waals surface area (Å²) in [6.45, 7) is 3.69. The van der Waals surface area contributed by atoms with Crippen LogP contribution >= 0.6 is 0 Å². The lowest BCUT2D eigenvalue weighted by molar-refractivity contribution is -0.143. The van der Waals surface area contributed by atoms with Gasteiger partial charge in [-0.2, -0.15) is 36.1 Å². The van der Waals surface area contributed by atoms with Crippen LogP contribution in [-0.4, -0.2) is 47.3 Å². The van der Waals surface area contributed by atoms with Gasteiger partial charge in [-0.05, 0) is 67.8 Å². The maximum absolute atomic E-state index is 14.0. The summed E-state index contributed by atoms with van der Waals surface area (Å²) in [7, 11) is 2.60. The Morgan fingerprint density at radius 1 is 0.930 bits per heavy atom. The highest BCUT2D eigenvalue weighted by Crippen LogP contribution is 2.42. The fourth-order valence-electron chi connectivity index (χ4n) is 4.75. The van der Waals surface area contributed by atoms with Crippen molar-refractivity contribution in [3.63, 3.8) is 0 Å². The second-order valence-electron chi connectivity index (χ2n) is 10.4. The van der Waals surface area contributed by atoms with Crippen LogP contribution in [0.25, 0.3) is 22.2 Å². The third-order valence-corrected chi connectivity index (χ3v) is 7.05. The SMILES string of the molecule is COCC(=O)n1ncc2c(-c3ccc(F)cc3C)c(N(C)C(=O)C(C)(C)c3cc(C(F)(F)F)cc(C(F)(F)F)c3)cnc21. The second kappa shape index (κ2) is 11.1. The van der Waals surface area contributed by atoms with Gasteiger partial charge in [0.05, 0.1) is 34.6 Å². The molecule has 0 saturated heterocycles. The molecule has 0 radical (unpaired) electrons. The highest BCUT2D eigenvalue weighted by atomic mass is 19.4. The number of carbonyl (C=O) groups excluding carboxylic acids is 2. The van der Waals surface area contributed by atoms with E-state index in [1.807, 2.05) is 0 Å². The predicted octanol–water partition coefficient (Wildman–Crippen LogP) is 6.81. The van der Waals surface area contributed by atoms with Gasteiger partial charge in [0.25, 0.3) is 5.91 Å². The van der Waals surface area contributed by atoms with Crippen LogP contribution in [0.5, 0.6) is 0 Å². The molecule has 0 fully saturated rings. The van der Waals surface area contributed by atoms with Crippen LogP contribution in [0.1, 0.15) is 40.9 Å². The Balaban J connectivity index is 1.92. The molecule has 0 aliphatic heterocycles. The first-order valence-electron chi connectivity index (χ1n) is 12.6. The third kappa shape index (κ3) is 5.96. The van der Waals surface area contributed by atoms with Gasteiger partial charge < -0.3 is 9.64 Å². The summed E-state index contributed by atoms with van der Waals surface area (Å²) in [4.78, 5) is 31.8. The van der Waals surface area contributed by atoms with Gasteiger partial charge in [-0.1, -0.05) is 6.07 Å². The molecular formula is C29H25F7N4O3. The summed E-state index contributed by atoms with van der Waals surface area (Å²) >= 11 is 0. The maximum atomic E-state index is 14.0. The molecule has 43 heavy (non-hydrogen) atoms. The van der Waals surface area contributed by atoms with Crippen LogP contribution in [0.3, 0.4) is 0 Å². The summed E-state index contributed by atoms with van der Waals surface area (Å²) in [6, 6.07) is 4.86. The Labute approximate surface area is 240 Å². The van der Waals surface area contributed by atoms with Crippen LogP contribution in [0.15, 0.2) is 48.8 Å². The molecule has 1 amide bonds. The molecule has 228 valence electrons. The van der Waals surface area contributed by atoms with Gasteiger partial charge in [0.2, 0.25) is 5.91 Å². The first kappa shape index (κ1) is 31.6. The monoisotopic (exact) mass is 610 g/mol. The van der Waals surface area contributed by atoms with E-state index in [9.17, 15) is 40.3 Å². The highest BCUT2D eigenvalue weighted by Gasteiger charge is 2.41. The van der Waals surface area contributed by atoms with E-state index >= 15 is 0 Å². The number of nitrogens with zero attached hydrogens (tertiary/aromatic N) is 4. The number of likely N-dealkylation sites (N-methyl/N-ethyl adjacent to an activating group) is 1. The fourth-order valence-corrected chi connectivity index (χ4v) is 4.75. The first-order chi connectivity index (χ1) is 19.9. The van der Waals surface area contributed by atoms with Crippen molar-refractivity contribution in [2.45, 2.75) is 38.5 Å². The van der Waals surface area contributed by atoms with E-state index in [4.69, 9.17) is 4.74 Å². The van der Waals surface area contributed by atoms with E-state index in [1.165, 1.54) is 58.6 Å². The minimum Gasteiger partial charge on any atom is -0.375 e. The molecule has 0 aliphatic rings. The molecule has 0 spiro atoms. The molecule has 4 aromatic rings. The van der Waals surface area contributed by atoms with Gasteiger partial charge in [0.1, 0.15) is 12.4 Å². The number of aryl methyl sites for hydroxylation is 1. The smallest absolute Gasteiger partial charge is 0.375 e. The van der Waals surface area contributed by atoms with Gasteiger partial charge in [-0.15, -0.1) is 0 Å². The zero-order chi connectivity index (χ0) is 32.1. The Hall–Kier alpha value is -4.33. The number of carbonyl (C=O) groups is 2. The normalized spacial score (nSPS) is 12.6. The molecule has 14 heteroatoms. The number of halogens is 7. The van der Waals surface area contributed by atoms with Crippen LogP contribution in [-0.2, 0) is 27.3 Å². The minimum absolute atomic E-state index is 0.0104. The molecule has 2 aromatic heterocycles. The highest BCUT2D eigenvalue weighted by molar-refractivity contribution is 6.09. The summed E-state index contributed by atoms with van der Waals surface area (Å²) in [5.41, 5.74) is -4.24. The average molecular weight is 611 g/mol. The Morgan fingerprint density at radius 2 is 1.51 bits per heavy atom.